The number of carbonyl (C=O) groups excluding carboxylic acids is 2. The van der Waals surface area contributed by atoms with Gasteiger partial charge in [0.25, 0.3) is 17.8 Å². The molecule has 3 rings (SSSR count). The summed E-state index contributed by atoms with van der Waals surface area (Å²) in [5.74, 6) is -2.20. The average Bonchev–Trinajstić information content (AvgIpc) is 3.12. The van der Waals surface area contributed by atoms with Crippen LogP contribution in [0.25, 0.3) is 0 Å². The molecule has 1 aromatic heterocycles. The van der Waals surface area contributed by atoms with Crippen LogP contribution in [0.1, 0.15) is 41.6 Å². The Hall–Kier alpha value is -3.09. The van der Waals surface area contributed by atoms with Crippen molar-refractivity contribution >= 4 is 27.6 Å². The lowest BCUT2D eigenvalue weighted by Crippen LogP contribution is -2.40. The highest BCUT2D eigenvalue weighted by atomic mass is 32.2. The summed E-state index contributed by atoms with van der Waals surface area (Å²) in [4.78, 5) is 26.2. The zero-order valence-electron chi connectivity index (χ0n) is 16.5. The highest BCUT2D eigenvalue weighted by molar-refractivity contribution is 7.90. The van der Waals surface area contributed by atoms with E-state index >= 15 is 0 Å². The topological polar surface area (TPSA) is 115 Å². The van der Waals surface area contributed by atoms with Crippen LogP contribution in [-0.2, 0) is 27.9 Å². The number of imide groups is 1. The van der Waals surface area contributed by atoms with E-state index in [2.05, 4.69) is 15.5 Å². The van der Waals surface area contributed by atoms with Crippen LogP contribution in [0.4, 0.5) is 19.1 Å². The molecular weight excluding hydrogens is 439 g/mol. The van der Waals surface area contributed by atoms with Gasteiger partial charge in [-0.15, -0.1) is 0 Å². The first-order valence-electron chi connectivity index (χ1n) is 9.12. The van der Waals surface area contributed by atoms with Gasteiger partial charge in [0, 0.05) is 18.9 Å². The second-order valence-electron chi connectivity index (χ2n) is 7.00. The van der Waals surface area contributed by atoms with Gasteiger partial charge in [0.2, 0.25) is 0 Å². The molecule has 0 aliphatic heterocycles. The van der Waals surface area contributed by atoms with Crippen molar-refractivity contribution in [2.75, 3.05) is 11.2 Å². The number of hydrogen-bond donors (Lipinski definition) is 0. The van der Waals surface area contributed by atoms with Crippen molar-refractivity contribution in [3.63, 3.8) is 0 Å². The van der Waals surface area contributed by atoms with Crippen LogP contribution >= 0.6 is 0 Å². The normalized spacial score (nSPS) is 14.8. The van der Waals surface area contributed by atoms with Crippen LogP contribution in [0.15, 0.2) is 34.7 Å². The quantitative estimate of drug-likeness (QED) is 0.647. The van der Waals surface area contributed by atoms with E-state index in [-0.39, 0.29) is 5.95 Å². The van der Waals surface area contributed by atoms with E-state index in [0.717, 1.165) is 17.2 Å². The number of tetrazole rings is 1. The van der Waals surface area contributed by atoms with E-state index in [9.17, 15) is 31.2 Å². The van der Waals surface area contributed by atoms with Crippen molar-refractivity contribution in [3.05, 3.63) is 41.0 Å². The van der Waals surface area contributed by atoms with Gasteiger partial charge in [0.1, 0.15) is 0 Å². The Bertz CT molecular complexity index is 1170. The van der Waals surface area contributed by atoms with Crippen molar-refractivity contribution in [1.82, 2.24) is 20.2 Å². The Morgan fingerprint density at radius 3 is 2.39 bits per heavy atom. The number of nitrogens with zero attached hydrogens (tertiary/aromatic N) is 5. The first-order chi connectivity index (χ1) is 14.4. The van der Waals surface area contributed by atoms with Crippen molar-refractivity contribution in [2.24, 2.45) is 7.05 Å². The summed E-state index contributed by atoms with van der Waals surface area (Å²) in [5, 5.41) is 10.6. The first kappa shape index (κ1) is 22.6. The first-order valence-corrected chi connectivity index (χ1v) is 11.0. The second-order valence-corrected chi connectivity index (χ2v) is 8.99. The zero-order chi connectivity index (χ0) is 23.0. The summed E-state index contributed by atoms with van der Waals surface area (Å²) in [6.07, 6.45) is 0.115. The van der Waals surface area contributed by atoms with Crippen LogP contribution in [0.2, 0.25) is 0 Å². The standard InChI is InChI=1S/C18H18F3N5O4S/c1-25-17(22-23-24-25)26(15(27)11-6-4-3-5-7-11)16(28)13-9-8-12(18(19,20)21)10-14(13)31(2,29)30/h6,8-10H,3-5,7H2,1-2H3. The average molecular weight is 457 g/mol. The third-order valence-electron chi connectivity index (χ3n) is 4.71. The molecule has 0 atom stereocenters. The van der Waals surface area contributed by atoms with Gasteiger partial charge in [-0.2, -0.15) is 13.2 Å². The summed E-state index contributed by atoms with van der Waals surface area (Å²) in [6.45, 7) is 0. The molecule has 1 aliphatic carbocycles. The Labute approximate surface area is 175 Å². The van der Waals surface area contributed by atoms with E-state index in [1.165, 1.54) is 7.05 Å². The number of amides is 2. The van der Waals surface area contributed by atoms with Gasteiger partial charge in [0.05, 0.1) is 16.0 Å². The van der Waals surface area contributed by atoms with Crippen molar-refractivity contribution in [3.8, 4) is 0 Å². The number of halogens is 3. The Morgan fingerprint density at radius 2 is 1.87 bits per heavy atom. The summed E-state index contributed by atoms with van der Waals surface area (Å²) in [7, 11) is -2.89. The summed E-state index contributed by atoms with van der Waals surface area (Å²) < 4.78 is 64.8. The molecule has 1 aliphatic rings. The zero-order valence-corrected chi connectivity index (χ0v) is 17.4. The largest absolute Gasteiger partial charge is 0.416 e. The van der Waals surface area contributed by atoms with E-state index < -0.39 is 43.9 Å². The monoisotopic (exact) mass is 457 g/mol. The number of allylic oxidation sites excluding steroid dienone is 1. The number of carbonyl (C=O) groups is 2. The number of anilines is 1. The minimum Gasteiger partial charge on any atom is -0.268 e. The lowest BCUT2D eigenvalue weighted by Gasteiger charge is -2.23. The van der Waals surface area contributed by atoms with Gasteiger partial charge in [-0.05, 0) is 54.3 Å². The number of benzene rings is 1. The van der Waals surface area contributed by atoms with Gasteiger partial charge in [-0.25, -0.2) is 18.0 Å². The maximum absolute atomic E-state index is 13.3. The van der Waals surface area contributed by atoms with Gasteiger partial charge in [-0.3, -0.25) is 9.59 Å². The second kappa shape index (κ2) is 8.21. The molecule has 0 unspecified atom stereocenters. The van der Waals surface area contributed by atoms with Crippen LogP contribution in [0.3, 0.4) is 0 Å². The van der Waals surface area contributed by atoms with E-state index in [0.29, 0.717) is 48.1 Å². The fourth-order valence-electron chi connectivity index (χ4n) is 3.17. The molecule has 0 saturated heterocycles. The number of sulfone groups is 1. The van der Waals surface area contributed by atoms with E-state index in [1.807, 2.05) is 0 Å². The number of aryl methyl sites for hydroxylation is 1. The molecule has 0 saturated carbocycles. The molecule has 9 nitrogen and oxygen atoms in total. The molecule has 0 spiro atoms. The summed E-state index contributed by atoms with van der Waals surface area (Å²) >= 11 is 0. The van der Waals surface area contributed by atoms with Gasteiger partial charge < -0.3 is 0 Å². The highest BCUT2D eigenvalue weighted by Gasteiger charge is 2.37. The van der Waals surface area contributed by atoms with Crippen molar-refractivity contribution in [1.29, 1.82) is 0 Å². The molecule has 0 fully saturated rings. The molecule has 1 heterocycles. The smallest absolute Gasteiger partial charge is 0.268 e. The van der Waals surface area contributed by atoms with Crippen LogP contribution < -0.4 is 4.90 Å². The molecule has 0 radical (unpaired) electrons. The lowest BCUT2D eigenvalue weighted by molar-refractivity contribution is -0.137. The summed E-state index contributed by atoms with van der Waals surface area (Å²) in [5.41, 5.74) is -1.52. The Kier molecular flexibility index (Phi) is 5.98. The Balaban J connectivity index is 2.17. The number of rotatable bonds is 4. The van der Waals surface area contributed by atoms with E-state index in [1.54, 1.807) is 6.08 Å². The van der Waals surface area contributed by atoms with Crippen LogP contribution in [0, 0.1) is 0 Å². The molecule has 1 aromatic carbocycles. The maximum Gasteiger partial charge on any atom is 0.416 e. The predicted molar refractivity (Wildman–Crippen MR) is 102 cm³/mol. The number of hydrogen-bond acceptors (Lipinski definition) is 7. The third kappa shape index (κ3) is 4.65. The van der Waals surface area contributed by atoms with Crippen molar-refractivity contribution < 1.29 is 31.2 Å². The molecule has 0 N–H and O–H groups in total. The SMILES string of the molecule is Cn1nnnc1N(C(=O)C1=CCCCC1)C(=O)c1ccc(C(F)(F)F)cc1S(C)(=O)=O. The predicted octanol–water partition coefficient (Wildman–Crippen LogP) is 2.31. The summed E-state index contributed by atoms with van der Waals surface area (Å²) in [6, 6.07) is 1.69. The molecular formula is C18H18F3N5O4S. The van der Waals surface area contributed by atoms with Crippen LogP contribution in [-0.4, -0.2) is 46.7 Å². The molecule has 2 aromatic rings. The highest BCUT2D eigenvalue weighted by Crippen LogP contribution is 2.33. The lowest BCUT2D eigenvalue weighted by atomic mass is 9.98. The molecule has 2 amide bonds. The number of aromatic nitrogens is 4. The maximum atomic E-state index is 13.3. The van der Waals surface area contributed by atoms with Gasteiger partial charge in [-0.1, -0.05) is 11.2 Å². The fourth-order valence-corrected chi connectivity index (χ4v) is 4.06. The number of alkyl halides is 3. The van der Waals surface area contributed by atoms with Gasteiger partial charge >= 0.3 is 6.18 Å². The van der Waals surface area contributed by atoms with Crippen molar-refractivity contribution in [2.45, 2.75) is 36.8 Å². The Morgan fingerprint density at radius 1 is 1.16 bits per heavy atom. The fraction of sp³-hybridized carbons (Fsp3) is 0.389. The molecule has 166 valence electrons. The minimum atomic E-state index is -4.82. The molecule has 31 heavy (non-hydrogen) atoms. The minimum absolute atomic E-state index is 0.291. The van der Waals surface area contributed by atoms with Gasteiger partial charge in [0.15, 0.2) is 9.84 Å². The molecule has 13 heteroatoms. The third-order valence-corrected chi connectivity index (χ3v) is 5.85. The van der Waals surface area contributed by atoms with E-state index in [4.69, 9.17) is 0 Å². The van der Waals surface area contributed by atoms with Crippen LogP contribution in [0.5, 0.6) is 0 Å². The molecule has 0 bridgehead atoms.